The highest BCUT2D eigenvalue weighted by atomic mass is 15.2. The number of nitrogens with two attached hydrogens (primary N) is 1. The van der Waals surface area contributed by atoms with Crippen molar-refractivity contribution in [3.05, 3.63) is 23.4 Å². The molecule has 1 aromatic heterocycles. The SMILES string of the molecule is CCCN(c1cc(CN)cc(C)n1)C1CC1. The molecule has 0 aliphatic heterocycles. The van der Waals surface area contributed by atoms with Crippen LogP contribution < -0.4 is 10.6 Å². The van der Waals surface area contributed by atoms with Gasteiger partial charge in [-0.15, -0.1) is 0 Å². The molecule has 16 heavy (non-hydrogen) atoms. The zero-order chi connectivity index (χ0) is 11.5. The summed E-state index contributed by atoms with van der Waals surface area (Å²) in [4.78, 5) is 7.07. The van der Waals surface area contributed by atoms with Gasteiger partial charge < -0.3 is 10.6 Å². The van der Waals surface area contributed by atoms with E-state index in [0.29, 0.717) is 6.54 Å². The molecule has 1 aromatic rings. The topological polar surface area (TPSA) is 42.1 Å². The highest BCUT2D eigenvalue weighted by Crippen LogP contribution is 2.31. The van der Waals surface area contributed by atoms with Crippen molar-refractivity contribution in [3.63, 3.8) is 0 Å². The molecule has 3 nitrogen and oxygen atoms in total. The van der Waals surface area contributed by atoms with Gasteiger partial charge in [-0.1, -0.05) is 6.92 Å². The summed E-state index contributed by atoms with van der Waals surface area (Å²) in [5.41, 5.74) is 7.96. The summed E-state index contributed by atoms with van der Waals surface area (Å²) >= 11 is 0. The third-order valence-electron chi connectivity index (χ3n) is 2.98. The molecule has 1 aliphatic carbocycles. The summed E-state index contributed by atoms with van der Waals surface area (Å²) in [5.74, 6) is 1.12. The minimum absolute atomic E-state index is 0.598. The lowest BCUT2D eigenvalue weighted by Crippen LogP contribution is -2.27. The fraction of sp³-hybridized carbons (Fsp3) is 0.615. The lowest BCUT2D eigenvalue weighted by atomic mass is 10.2. The van der Waals surface area contributed by atoms with Crippen LogP contribution in [-0.2, 0) is 6.54 Å². The molecule has 0 unspecified atom stereocenters. The van der Waals surface area contributed by atoms with Crippen LogP contribution in [0.1, 0.15) is 37.4 Å². The van der Waals surface area contributed by atoms with Gasteiger partial charge in [-0.25, -0.2) is 4.98 Å². The van der Waals surface area contributed by atoms with Gasteiger partial charge in [-0.3, -0.25) is 0 Å². The van der Waals surface area contributed by atoms with Crippen LogP contribution in [0.25, 0.3) is 0 Å². The van der Waals surface area contributed by atoms with Gasteiger partial charge in [0.1, 0.15) is 5.82 Å². The van der Waals surface area contributed by atoms with Crippen LogP contribution in [0.4, 0.5) is 5.82 Å². The van der Waals surface area contributed by atoms with Gasteiger partial charge in [-0.05, 0) is 43.9 Å². The zero-order valence-corrected chi connectivity index (χ0v) is 10.2. The number of nitrogens with zero attached hydrogens (tertiary/aromatic N) is 2. The number of rotatable bonds is 5. The monoisotopic (exact) mass is 219 g/mol. The van der Waals surface area contributed by atoms with Crippen molar-refractivity contribution < 1.29 is 0 Å². The van der Waals surface area contributed by atoms with Gasteiger partial charge in [0, 0.05) is 24.8 Å². The first-order valence-electron chi connectivity index (χ1n) is 6.19. The summed E-state index contributed by atoms with van der Waals surface area (Å²) in [6.07, 6.45) is 3.80. The number of pyridine rings is 1. The maximum absolute atomic E-state index is 5.71. The lowest BCUT2D eigenvalue weighted by molar-refractivity contribution is 0.747. The molecule has 0 aromatic carbocycles. The maximum atomic E-state index is 5.71. The van der Waals surface area contributed by atoms with Crippen LogP contribution in [-0.4, -0.2) is 17.6 Å². The molecule has 0 radical (unpaired) electrons. The Morgan fingerprint density at radius 2 is 2.19 bits per heavy atom. The third-order valence-corrected chi connectivity index (χ3v) is 2.98. The van der Waals surface area contributed by atoms with Gasteiger partial charge in [0.25, 0.3) is 0 Å². The van der Waals surface area contributed by atoms with Crippen LogP contribution in [0, 0.1) is 6.92 Å². The van der Waals surface area contributed by atoms with Crippen molar-refractivity contribution in [2.24, 2.45) is 5.73 Å². The van der Waals surface area contributed by atoms with Crippen molar-refractivity contribution in [2.75, 3.05) is 11.4 Å². The standard InChI is InChI=1S/C13H21N3/c1-3-6-16(12-4-5-12)13-8-11(9-14)7-10(2)15-13/h7-8,12H,3-6,9,14H2,1-2H3. The smallest absolute Gasteiger partial charge is 0.129 e. The maximum Gasteiger partial charge on any atom is 0.129 e. The summed E-state index contributed by atoms with van der Waals surface area (Å²) in [5, 5.41) is 0. The summed E-state index contributed by atoms with van der Waals surface area (Å²) < 4.78 is 0. The van der Waals surface area contributed by atoms with Crippen molar-refractivity contribution in [2.45, 2.75) is 45.7 Å². The fourth-order valence-corrected chi connectivity index (χ4v) is 2.10. The molecule has 2 N–H and O–H groups in total. The van der Waals surface area contributed by atoms with E-state index >= 15 is 0 Å². The summed E-state index contributed by atoms with van der Waals surface area (Å²) in [7, 11) is 0. The van der Waals surface area contributed by atoms with E-state index in [0.717, 1.165) is 24.1 Å². The Bertz CT molecular complexity index is 358. The number of hydrogen-bond acceptors (Lipinski definition) is 3. The molecule has 0 spiro atoms. The van der Waals surface area contributed by atoms with Gasteiger partial charge in [0.2, 0.25) is 0 Å². The Kier molecular flexibility index (Phi) is 3.44. The van der Waals surface area contributed by atoms with E-state index in [2.05, 4.69) is 28.9 Å². The molecule has 1 fully saturated rings. The average Bonchev–Trinajstić information content (AvgIpc) is 3.08. The van der Waals surface area contributed by atoms with Crippen LogP contribution in [0.15, 0.2) is 12.1 Å². The third kappa shape index (κ3) is 2.53. The number of hydrogen-bond donors (Lipinski definition) is 1. The van der Waals surface area contributed by atoms with Gasteiger partial charge in [-0.2, -0.15) is 0 Å². The molecule has 88 valence electrons. The van der Waals surface area contributed by atoms with E-state index in [1.165, 1.54) is 24.8 Å². The first kappa shape index (κ1) is 11.4. The van der Waals surface area contributed by atoms with Gasteiger partial charge in [0.15, 0.2) is 0 Å². The van der Waals surface area contributed by atoms with E-state index in [1.54, 1.807) is 0 Å². The van der Waals surface area contributed by atoms with Crippen molar-refractivity contribution in [1.82, 2.24) is 4.98 Å². The molecule has 0 saturated heterocycles. The molecule has 1 aliphatic rings. The zero-order valence-electron chi connectivity index (χ0n) is 10.2. The predicted octanol–water partition coefficient (Wildman–Crippen LogP) is 2.23. The molecule has 0 bridgehead atoms. The van der Waals surface area contributed by atoms with E-state index in [4.69, 9.17) is 5.73 Å². The molecule has 1 saturated carbocycles. The molecular weight excluding hydrogens is 198 g/mol. The van der Waals surface area contributed by atoms with Gasteiger partial charge in [0.05, 0.1) is 0 Å². The molecule has 2 rings (SSSR count). The van der Waals surface area contributed by atoms with Crippen LogP contribution >= 0.6 is 0 Å². The van der Waals surface area contributed by atoms with Crippen LogP contribution in [0.5, 0.6) is 0 Å². The Morgan fingerprint density at radius 1 is 1.44 bits per heavy atom. The second kappa shape index (κ2) is 4.83. The quantitative estimate of drug-likeness (QED) is 0.825. The molecule has 1 heterocycles. The predicted molar refractivity (Wildman–Crippen MR) is 67.5 cm³/mol. The van der Waals surface area contributed by atoms with Crippen molar-refractivity contribution in [1.29, 1.82) is 0 Å². The van der Waals surface area contributed by atoms with Crippen molar-refractivity contribution >= 4 is 5.82 Å². The summed E-state index contributed by atoms with van der Waals surface area (Å²) in [6, 6.07) is 4.93. The average molecular weight is 219 g/mol. The molecular formula is C13H21N3. The second-order valence-corrected chi connectivity index (χ2v) is 4.60. The van der Waals surface area contributed by atoms with Crippen molar-refractivity contribution in [3.8, 4) is 0 Å². The highest BCUT2D eigenvalue weighted by Gasteiger charge is 2.29. The minimum atomic E-state index is 0.598. The molecule has 3 heteroatoms. The number of anilines is 1. The van der Waals surface area contributed by atoms with E-state index in [1.807, 2.05) is 6.92 Å². The highest BCUT2D eigenvalue weighted by molar-refractivity contribution is 5.45. The Balaban J connectivity index is 2.25. The first-order chi connectivity index (χ1) is 7.74. The van der Waals surface area contributed by atoms with E-state index < -0.39 is 0 Å². The minimum Gasteiger partial charge on any atom is -0.354 e. The second-order valence-electron chi connectivity index (χ2n) is 4.60. The van der Waals surface area contributed by atoms with Gasteiger partial charge >= 0.3 is 0 Å². The largest absolute Gasteiger partial charge is 0.354 e. The molecule has 0 amide bonds. The van der Waals surface area contributed by atoms with E-state index in [9.17, 15) is 0 Å². The Hall–Kier alpha value is -1.09. The fourth-order valence-electron chi connectivity index (χ4n) is 2.10. The van der Waals surface area contributed by atoms with E-state index in [-0.39, 0.29) is 0 Å². The number of aryl methyl sites for hydroxylation is 1. The summed E-state index contributed by atoms with van der Waals surface area (Å²) in [6.45, 7) is 5.96. The van der Waals surface area contributed by atoms with Crippen LogP contribution in [0.3, 0.4) is 0 Å². The Labute approximate surface area is 97.7 Å². The number of aromatic nitrogens is 1. The Morgan fingerprint density at radius 3 is 2.75 bits per heavy atom. The first-order valence-corrected chi connectivity index (χ1v) is 6.19. The lowest BCUT2D eigenvalue weighted by Gasteiger charge is -2.23. The molecule has 0 atom stereocenters. The van der Waals surface area contributed by atoms with Crippen LogP contribution in [0.2, 0.25) is 0 Å². The normalized spacial score (nSPS) is 15.2.